The molecule has 1 saturated heterocycles. The van der Waals surface area contributed by atoms with Crippen molar-refractivity contribution in [3.63, 3.8) is 0 Å². The number of hydrogen-bond acceptors (Lipinski definition) is 6. The molecule has 0 spiro atoms. The molecule has 1 fully saturated rings. The zero-order valence-corrected chi connectivity index (χ0v) is 8.03. The summed E-state index contributed by atoms with van der Waals surface area (Å²) in [7, 11) is -3.28. The van der Waals surface area contributed by atoms with Gasteiger partial charge in [0.25, 0.3) is 0 Å². The summed E-state index contributed by atoms with van der Waals surface area (Å²) >= 11 is 0. The lowest BCUT2D eigenvalue weighted by atomic mass is 10.5. The third-order valence-electron chi connectivity index (χ3n) is 1.45. The minimum Gasteiger partial charge on any atom is -0.421 e. The van der Waals surface area contributed by atoms with Crippen LogP contribution in [0, 0.1) is 12.3 Å². The van der Waals surface area contributed by atoms with E-state index in [4.69, 9.17) is 6.42 Å². The smallest absolute Gasteiger partial charge is 0.421 e. The Morgan fingerprint density at radius 2 is 2.43 bits per heavy atom. The summed E-state index contributed by atoms with van der Waals surface area (Å²) in [5.41, 5.74) is -1.06. The highest BCUT2D eigenvalue weighted by atomic mass is 32.3. The molecular weight excluding hydrogens is 212 g/mol. The van der Waals surface area contributed by atoms with Crippen LogP contribution in [0.25, 0.3) is 0 Å². The van der Waals surface area contributed by atoms with E-state index in [0.717, 1.165) is 0 Å². The topological polar surface area (TPSA) is 85.2 Å². The molecule has 1 rings (SSSR count). The summed E-state index contributed by atoms with van der Waals surface area (Å²) in [6.07, 6.45) is 4.04. The van der Waals surface area contributed by atoms with Crippen LogP contribution in [0.15, 0.2) is 0 Å². The van der Waals surface area contributed by atoms with Crippen molar-refractivity contribution in [2.45, 2.75) is 11.9 Å². The summed E-state index contributed by atoms with van der Waals surface area (Å²) < 4.78 is 31.9. The normalized spacial score (nSPS) is 26.2. The Bertz CT molecular complexity index is 257. The Morgan fingerprint density at radius 3 is 2.93 bits per heavy atom. The Hall–Kier alpha value is -0.940. The molecule has 1 aliphatic heterocycles. The van der Waals surface area contributed by atoms with Gasteiger partial charge in [0, 0.05) is 6.42 Å². The van der Waals surface area contributed by atoms with Crippen LogP contribution in [0.5, 0.6) is 0 Å². The number of carbonyl (C=O) groups excluding carboxylic acids is 1. The number of hydrogen-bond donors (Lipinski definition) is 2. The molecule has 0 aromatic heterocycles. The highest BCUT2D eigenvalue weighted by molar-refractivity contribution is 8.20. The van der Waals surface area contributed by atoms with Gasteiger partial charge in [-0.1, -0.05) is 5.92 Å². The molecule has 1 atom stereocenters. The van der Waals surface area contributed by atoms with E-state index in [1.807, 2.05) is 0 Å². The second-order valence-corrected chi connectivity index (χ2v) is 4.28. The second-order valence-electron chi connectivity index (χ2n) is 2.44. The zero-order valence-electron chi connectivity index (χ0n) is 7.21. The fourth-order valence-electron chi connectivity index (χ4n) is 0.860. The molecule has 1 heterocycles. The second kappa shape index (κ2) is 4.52. The molecule has 0 aliphatic carbocycles. The molecule has 0 bridgehead atoms. The number of rotatable bonds is 2. The molecule has 2 N–H and O–H groups in total. The van der Waals surface area contributed by atoms with Crippen molar-refractivity contribution in [3.05, 3.63) is 0 Å². The van der Waals surface area contributed by atoms with Crippen molar-refractivity contribution in [1.82, 2.24) is 0 Å². The number of ether oxygens (including phenoxy) is 2. The van der Waals surface area contributed by atoms with Crippen LogP contribution in [0.1, 0.15) is 6.42 Å². The number of terminal acetylenes is 1. The summed E-state index contributed by atoms with van der Waals surface area (Å²) in [5, 5.41) is 0. The highest BCUT2D eigenvalue weighted by Gasteiger charge is 2.40. The molecule has 80 valence electrons. The molecule has 0 radical (unpaired) electrons. The summed E-state index contributed by atoms with van der Waals surface area (Å²) in [6, 6.07) is 0. The lowest BCUT2D eigenvalue weighted by Gasteiger charge is -2.25. The van der Waals surface area contributed by atoms with Crippen molar-refractivity contribution in [1.29, 1.82) is 0 Å². The summed E-state index contributed by atoms with van der Waals surface area (Å²) in [4.78, 5) is 10.8. The minimum atomic E-state index is -3.28. The van der Waals surface area contributed by atoms with E-state index in [2.05, 4.69) is 19.6 Å². The third-order valence-corrected chi connectivity index (χ3v) is 2.98. The lowest BCUT2D eigenvalue weighted by Crippen LogP contribution is -2.21. The largest absolute Gasteiger partial charge is 0.510 e. The van der Waals surface area contributed by atoms with Gasteiger partial charge < -0.3 is 18.6 Å². The van der Waals surface area contributed by atoms with Gasteiger partial charge in [-0.3, -0.25) is 4.18 Å². The molecule has 0 aromatic carbocycles. The van der Waals surface area contributed by atoms with E-state index in [9.17, 15) is 13.9 Å². The molecule has 7 heteroatoms. The van der Waals surface area contributed by atoms with Crippen LogP contribution in [-0.4, -0.2) is 33.9 Å². The average molecular weight is 222 g/mol. The molecular formula is C7H10O6S. The fraction of sp³-hybridized carbons (Fsp3) is 0.571. The van der Waals surface area contributed by atoms with Crippen LogP contribution in [0.2, 0.25) is 0 Å². The first kappa shape index (κ1) is 11.1. The van der Waals surface area contributed by atoms with Gasteiger partial charge in [0.2, 0.25) is 5.44 Å². The molecule has 0 saturated carbocycles. The maximum atomic E-state index is 10.8. The van der Waals surface area contributed by atoms with Gasteiger partial charge in [-0.2, -0.15) is 0 Å². The quantitative estimate of drug-likeness (QED) is 0.539. The molecule has 1 unspecified atom stereocenters. The molecule has 14 heavy (non-hydrogen) atoms. The van der Waals surface area contributed by atoms with E-state index >= 15 is 0 Å². The van der Waals surface area contributed by atoms with Gasteiger partial charge in [0.1, 0.15) is 10.9 Å². The monoisotopic (exact) mass is 222 g/mol. The Morgan fingerprint density at radius 1 is 1.71 bits per heavy atom. The van der Waals surface area contributed by atoms with E-state index in [-0.39, 0.29) is 19.6 Å². The van der Waals surface area contributed by atoms with Crippen molar-refractivity contribution >= 4 is 17.0 Å². The maximum absolute atomic E-state index is 10.8. The highest BCUT2D eigenvalue weighted by Crippen LogP contribution is 2.52. The molecule has 6 nitrogen and oxygen atoms in total. The van der Waals surface area contributed by atoms with Gasteiger partial charge in [-0.25, -0.2) is 4.79 Å². The van der Waals surface area contributed by atoms with Gasteiger partial charge >= 0.3 is 6.16 Å². The van der Waals surface area contributed by atoms with E-state index in [0.29, 0.717) is 0 Å². The van der Waals surface area contributed by atoms with Gasteiger partial charge in [0.15, 0.2) is 6.61 Å². The van der Waals surface area contributed by atoms with E-state index < -0.39 is 22.5 Å². The standard InChI is InChI=1S/C7H10O6S/c1-2-4-11-7(8)13-6-3-5-12-14(6,9)10/h1,6,9-10H,3-5H2. The first-order valence-corrected chi connectivity index (χ1v) is 5.28. The van der Waals surface area contributed by atoms with Crippen molar-refractivity contribution in [3.8, 4) is 12.3 Å². The van der Waals surface area contributed by atoms with Crippen LogP contribution >= 0.6 is 10.9 Å². The zero-order chi connectivity index (χ0) is 10.6. The number of carbonyl (C=O) groups is 1. The van der Waals surface area contributed by atoms with Crippen LogP contribution in [0.4, 0.5) is 4.79 Å². The van der Waals surface area contributed by atoms with E-state index in [1.165, 1.54) is 0 Å². The Kier molecular flexibility index (Phi) is 3.60. The van der Waals surface area contributed by atoms with Crippen molar-refractivity contribution < 1.29 is 27.6 Å². The van der Waals surface area contributed by atoms with Gasteiger partial charge in [-0.15, -0.1) is 6.42 Å². The first-order valence-electron chi connectivity index (χ1n) is 3.74. The van der Waals surface area contributed by atoms with Crippen LogP contribution < -0.4 is 0 Å². The molecule has 0 aromatic rings. The fourth-order valence-corrected chi connectivity index (χ4v) is 1.96. The SMILES string of the molecule is C#CCOC(=O)OC1CCOS1(O)O. The molecule has 1 aliphatic rings. The van der Waals surface area contributed by atoms with Crippen LogP contribution in [0.3, 0.4) is 0 Å². The Balaban J connectivity index is 2.37. The summed E-state index contributed by atoms with van der Waals surface area (Å²) in [5.74, 6) is 2.07. The van der Waals surface area contributed by atoms with Crippen LogP contribution in [-0.2, 0) is 13.7 Å². The van der Waals surface area contributed by atoms with Crippen molar-refractivity contribution in [2.24, 2.45) is 0 Å². The van der Waals surface area contributed by atoms with Gasteiger partial charge in [-0.05, 0) is 0 Å². The van der Waals surface area contributed by atoms with Gasteiger partial charge in [0.05, 0.1) is 6.61 Å². The summed E-state index contributed by atoms with van der Waals surface area (Å²) in [6.45, 7) is -0.0823. The first-order chi connectivity index (χ1) is 6.56. The predicted octanol–water partition coefficient (Wildman–Crippen LogP) is 1.18. The third kappa shape index (κ3) is 2.78. The van der Waals surface area contributed by atoms with Crippen molar-refractivity contribution in [2.75, 3.05) is 13.2 Å². The molecule has 0 amide bonds. The Labute approximate surface area is 82.7 Å². The predicted molar refractivity (Wildman–Crippen MR) is 48.5 cm³/mol. The lowest BCUT2D eigenvalue weighted by molar-refractivity contribution is 0.0518. The maximum Gasteiger partial charge on any atom is 0.510 e. The minimum absolute atomic E-state index is 0.134. The average Bonchev–Trinajstić information content (AvgIpc) is 2.43. The van der Waals surface area contributed by atoms with E-state index in [1.54, 1.807) is 0 Å².